The van der Waals surface area contributed by atoms with Gasteiger partial charge in [-0.2, -0.15) is 0 Å². The second-order valence-corrected chi connectivity index (χ2v) is 5.53. The third-order valence-electron chi connectivity index (χ3n) is 3.97. The summed E-state index contributed by atoms with van der Waals surface area (Å²) in [5, 5.41) is 14.6. The maximum absolute atomic E-state index is 13.8. The highest BCUT2D eigenvalue weighted by molar-refractivity contribution is 5.91. The van der Waals surface area contributed by atoms with Crippen LogP contribution in [-0.2, 0) is 11.3 Å². The van der Waals surface area contributed by atoms with Gasteiger partial charge in [0.05, 0.1) is 31.5 Å². The van der Waals surface area contributed by atoms with E-state index in [0.717, 1.165) is 17.7 Å². The van der Waals surface area contributed by atoms with E-state index >= 15 is 0 Å². The molecule has 134 valence electrons. The van der Waals surface area contributed by atoms with Crippen LogP contribution in [0.3, 0.4) is 0 Å². The Labute approximate surface area is 141 Å². The fourth-order valence-corrected chi connectivity index (χ4v) is 2.84. The number of amides is 1. The zero-order valence-electron chi connectivity index (χ0n) is 13.4. The summed E-state index contributed by atoms with van der Waals surface area (Å²) in [6.45, 7) is 0.658. The first-order valence-corrected chi connectivity index (χ1v) is 7.67. The second-order valence-electron chi connectivity index (χ2n) is 5.53. The van der Waals surface area contributed by atoms with Gasteiger partial charge in [0.15, 0.2) is 11.6 Å². The first-order valence-electron chi connectivity index (χ1n) is 7.67. The molecule has 3 N–H and O–H groups in total. The van der Waals surface area contributed by atoms with Crippen LogP contribution in [0.5, 0.6) is 5.88 Å². The number of aromatic nitrogens is 1. The first-order chi connectivity index (χ1) is 12.0. The van der Waals surface area contributed by atoms with Crippen LogP contribution in [0.2, 0.25) is 0 Å². The van der Waals surface area contributed by atoms with Crippen LogP contribution in [0.4, 0.5) is 13.6 Å². The molecule has 1 amide bonds. The molecule has 0 fully saturated rings. The Bertz CT molecular complexity index is 816. The maximum atomic E-state index is 13.8. The molecule has 2 heterocycles. The predicted octanol–water partition coefficient (Wildman–Crippen LogP) is 1.95. The average molecular weight is 353 g/mol. The number of nitrogens with zero attached hydrogens (tertiary/aromatic N) is 1. The molecule has 0 spiro atoms. The van der Waals surface area contributed by atoms with E-state index in [2.05, 4.69) is 15.6 Å². The molecule has 25 heavy (non-hydrogen) atoms. The quantitative estimate of drug-likeness (QED) is 0.712. The Balaban J connectivity index is 2.05. The first kappa shape index (κ1) is 17.3. The van der Waals surface area contributed by atoms with Crippen LogP contribution >= 0.6 is 0 Å². The average Bonchev–Trinajstić information content (AvgIpc) is 2.59. The monoisotopic (exact) mass is 353 g/mol. The van der Waals surface area contributed by atoms with Crippen molar-refractivity contribution >= 4 is 16.9 Å². The molecular weight excluding hydrogens is 336 g/mol. The summed E-state index contributed by atoms with van der Waals surface area (Å²) in [7, 11) is 1.75. The highest BCUT2D eigenvalue weighted by atomic mass is 19.2. The molecule has 1 unspecified atom stereocenters. The van der Waals surface area contributed by atoms with Gasteiger partial charge in [-0.25, -0.2) is 18.6 Å². The Morgan fingerprint density at radius 3 is 2.80 bits per heavy atom. The molecule has 9 heteroatoms. The lowest BCUT2D eigenvalue weighted by atomic mass is 9.96. The normalized spacial score (nSPS) is 16.5. The van der Waals surface area contributed by atoms with E-state index < -0.39 is 17.7 Å². The van der Waals surface area contributed by atoms with Gasteiger partial charge in [-0.1, -0.05) is 0 Å². The minimum Gasteiger partial charge on any atom is -0.475 e. The second kappa shape index (κ2) is 7.16. The van der Waals surface area contributed by atoms with Gasteiger partial charge in [0.1, 0.15) is 6.61 Å². The lowest BCUT2D eigenvalue weighted by Gasteiger charge is -2.27. The topological polar surface area (TPSA) is 92.7 Å². The number of benzene rings is 1. The highest BCUT2D eigenvalue weighted by Gasteiger charge is 2.26. The zero-order chi connectivity index (χ0) is 18.0. The van der Waals surface area contributed by atoms with Crippen molar-refractivity contribution in [3.63, 3.8) is 0 Å². The number of pyridine rings is 1. The fraction of sp³-hybridized carbons (Fsp3) is 0.375. The zero-order valence-corrected chi connectivity index (χ0v) is 13.4. The number of likely N-dealkylation sites (N-methyl/N-ethyl adjacent to an activating group) is 1. The number of hydrogen-bond acceptors (Lipinski definition) is 5. The third kappa shape index (κ3) is 3.47. The summed E-state index contributed by atoms with van der Waals surface area (Å²) in [5.74, 6) is -1.85. The molecule has 1 aromatic carbocycles. The molecule has 0 radical (unpaired) electrons. The van der Waals surface area contributed by atoms with Gasteiger partial charge < -0.3 is 25.2 Å². The van der Waals surface area contributed by atoms with Crippen LogP contribution in [0.25, 0.3) is 10.8 Å². The van der Waals surface area contributed by atoms with Gasteiger partial charge in [-0.05, 0) is 24.6 Å². The van der Waals surface area contributed by atoms with Crippen LogP contribution in [0, 0.1) is 11.6 Å². The Kier molecular flexibility index (Phi) is 4.95. The maximum Gasteiger partial charge on any atom is 0.404 e. The van der Waals surface area contributed by atoms with E-state index in [4.69, 9.17) is 14.6 Å². The molecule has 0 bridgehead atoms. The van der Waals surface area contributed by atoms with Gasteiger partial charge in [0.25, 0.3) is 0 Å². The molecule has 2 aromatic rings. The van der Waals surface area contributed by atoms with Gasteiger partial charge in [-0.15, -0.1) is 0 Å². The van der Waals surface area contributed by atoms with Crippen LogP contribution in [0.1, 0.15) is 17.3 Å². The Hall–Kier alpha value is -2.52. The molecule has 7 nitrogen and oxygen atoms in total. The molecule has 0 saturated heterocycles. The summed E-state index contributed by atoms with van der Waals surface area (Å²) >= 11 is 0. The SMILES string of the molecule is CNC1COCc2nc(OCCNC(=O)O)c3cc(F)c(F)cc3c21. The Morgan fingerprint density at radius 1 is 1.40 bits per heavy atom. The summed E-state index contributed by atoms with van der Waals surface area (Å²) in [6, 6.07) is 1.97. The summed E-state index contributed by atoms with van der Waals surface area (Å²) in [4.78, 5) is 14.8. The lowest BCUT2D eigenvalue weighted by Crippen LogP contribution is -2.29. The smallest absolute Gasteiger partial charge is 0.404 e. The largest absolute Gasteiger partial charge is 0.475 e. The molecule has 1 aromatic heterocycles. The van der Waals surface area contributed by atoms with Crippen molar-refractivity contribution in [1.82, 2.24) is 15.6 Å². The molecular formula is C16H17F2N3O4. The van der Waals surface area contributed by atoms with E-state index in [1.807, 2.05) is 0 Å². The number of halogens is 2. The number of hydrogen-bond donors (Lipinski definition) is 3. The van der Waals surface area contributed by atoms with Gasteiger partial charge in [-0.3, -0.25) is 0 Å². The number of carboxylic acid groups (broad SMARTS) is 1. The molecule has 3 rings (SSSR count). The molecule has 1 atom stereocenters. The standard InChI is InChI=1S/C16H17F2N3O4/c1-19-12-6-24-7-13-14(12)8-4-10(17)11(18)5-9(8)15(21-13)25-3-2-20-16(22)23/h4-5,12,19-20H,2-3,6-7H2,1H3,(H,22,23). The highest BCUT2D eigenvalue weighted by Crippen LogP contribution is 2.36. The van der Waals surface area contributed by atoms with Crippen molar-refractivity contribution in [3.05, 3.63) is 35.0 Å². The van der Waals surface area contributed by atoms with Crippen LogP contribution < -0.4 is 15.4 Å². The van der Waals surface area contributed by atoms with E-state index in [1.165, 1.54) is 0 Å². The van der Waals surface area contributed by atoms with E-state index in [1.54, 1.807) is 7.05 Å². The molecule has 1 aliphatic heterocycles. The van der Waals surface area contributed by atoms with E-state index in [-0.39, 0.29) is 31.7 Å². The van der Waals surface area contributed by atoms with Gasteiger partial charge in [0.2, 0.25) is 5.88 Å². The summed E-state index contributed by atoms with van der Waals surface area (Å²) in [5.41, 5.74) is 1.32. The van der Waals surface area contributed by atoms with Crippen LogP contribution in [0.15, 0.2) is 12.1 Å². The van der Waals surface area contributed by atoms with Crippen molar-refractivity contribution in [1.29, 1.82) is 0 Å². The van der Waals surface area contributed by atoms with Gasteiger partial charge in [0, 0.05) is 10.9 Å². The fourth-order valence-electron chi connectivity index (χ4n) is 2.84. The minimum atomic E-state index is -1.18. The van der Waals surface area contributed by atoms with Crippen LogP contribution in [-0.4, -0.2) is 43.0 Å². The summed E-state index contributed by atoms with van der Waals surface area (Å²) < 4.78 is 38.5. The van der Waals surface area contributed by atoms with Crippen molar-refractivity contribution in [3.8, 4) is 5.88 Å². The van der Waals surface area contributed by atoms with E-state index in [9.17, 15) is 13.6 Å². The number of ether oxygens (including phenoxy) is 2. The molecule has 0 saturated carbocycles. The van der Waals surface area contributed by atoms with Crippen molar-refractivity contribution in [2.45, 2.75) is 12.6 Å². The molecule has 1 aliphatic rings. The van der Waals surface area contributed by atoms with Crippen molar-refractivity contribution in [2.75, 3.05) is 26.8 Å². The number of nitrogens with one attached hydrogen (secondary N) is 2. The van der Waals surface area contributed by atoms with Gasteiger partial charge >= 0.3 is 6.09 Å². The van der Waals surface area contributed by atoms with Crippen molar-refractivity contribution in [2.24, 2.45) is 0 Å². The van der Waals surface area contributed by atoms with E-state index in [0.29, 0.717) is 23.1 Å². The Morgan fingerprint density at radius 2 is 2.12 bits per heavy atom. The number of fused-ring (bicyclic) bond motifs is 3. The predicted molar refractivity (Wildman–Crippen MR) is 84.6 cm³/mol. The minimum absolute atomic E-state index is 0.00248. The van der Waals surface area contributed by atoms with Crippen molar-refractivity contribution < 1.29 is 28.2 Å². The number of carbonyl (C=O) groups is 1. The third-order valence-corrected chi connectivity index (χ3v) is 3.97. The molecule has 0 aliphatic carbocycles. The lowest BCUT2D eigenvalue weighted by molar-refractivity contribution is 0.0814. The number of rotatable bonds is 5. The summed E-state index contributed by atoms with van der Waals surface area (Å²) in [6.07, 6.45) is -1.18.